The molecule has 0 unspecified atom stereocenters. The second kappa shape index (κ2) is 9.33. The number of aliphatic hydroxyl groups excluding tert-OH is 5. The molecule has 0 amide bonds. The van der Waals surface area contributed by atoms with Crippen molar-refractivity contribution in [1.29, 1.82) is 0 Å². The van der Waals surface area contributed by atoms with E-state index in [-0.39, 0.29) is 13.2 Å². The Morgan fingerprint density at radius 1 is 0.750 bits per heavy atom. The van der Waals surface area contributed by atoms with Gasteiger partial charge < -0.3 is 30.3 Å². The number of halogens is 3. The van der Waals surface area contributed by atoms with Crippen molar-refractivity contribution in [2.45, 2.75) is 3.42 Å². The summed E-state index contributed by atoms with van der Waals surface area (Å²) in [5.41, 5.74) is -2.43. The quantitative estimate of drug-likeness (QED) is 0.252. The number of rotatable bonds is 11. The number of ether oxygens (including phenoxy) is 1. The van der Waals surface area contributed by atoms with Gasteiger partial charge in [0.25, 0.3) is 0 Å². The SMILES string of the molecule is OCC(CO)(CO)COCC(CO)(CO)C(Br)(Br)OBr. The first-order valence-electron chi connectivity index (χ1n) is 5.62. The average molecular weight is 491 g/mol. The fraction of sp³-hybridized carbons (Fsp3) is 1.00. The van der Waals surface area contributed by atoms with Crippen molar-refractivity contribution in [3.8, 4) is 0 Å². The maximum absolute atomic E-state index is 9.50. The Bertz CT molecular complexity index is 261. The van der Waals surface area contributed by atoms with Gasteiger partial charge in [-0.05, 0) is 31.9 Å². The summed E-state index contributed by atoms with van der Waals surface area (Å²) in [6.07, 6.45) is 0. The molecular weight excluding hydrogens is 472 g/mol. The molecule has 0 radical (unpaired) electrons. The molecule has 0 aliphatic heterocycles. The van der Waals surface area contributed by atoms with Crippen LogP contribution in [0.15, 0.2) is 0 Å². The molecule has 10 heteroatoms. The Labute approximate surface area is 142 Å². The largest absolute Gasteiger partial charge is 0.396 e. The zero-order valence-corrected chi connectivity index (χ0v) is 15.4. The molecule has 0 aromatic heterocycles. The summed E-state index contributed by atoms with van der Waals surface area (Å²) in [7, 11) is 0. The number of alkyl halides is 2. The predicted molar refractivity (Wildman–Crippen MR) is 81.7 cm³/mol. The Hall–Kier alpha value is 1.16. The molecule has 0 aliphatic rings. The van der Waals surface area contributed by atoms with Crippen molar-refractivity contribution < 1.29 is 34.1 Å². The molecule has 0 rings (SSSR count). The third-order valence-corrected chi connectivity index (χ3v) is 6.47. The topological polar surface area (TPSA) is 120 Å². The maximum Gasteiger partial charge on any atom is 0.203 e. The highest BCUT2D eigenvalue weighted by molar-refractivity contribution is 9.25. The van der Waals surface area contributed by atoms with Crippen LogP contribution in [0.4, 0.5) is 0 Å². The van der Waals surface area contributed by atoms with Gasteiger partial charge in [0.05, 0.1) is 57.1 Å². The smallest absolute Gasteiger partial charge is 0.203 e. The highest BCUT2D eigenvalue weighted by Crippen LogP contribution is 2.46. The van der Waals surface area contributed by atoms with Gasteiger partial charge in [-0.1, -0.05) is 0 Å². The van der Waals surface area contributed by atoms with E-state index in [0.29, 0.717) is 0 Å². The van der Waals surface area contributed by atoms with Gasteiger partial charge in [-0.2, -0.15) is 0 Å². The van der Waals surface area contributed by atoms with Crippen molar-refractivity contribution in [1.82, 2.24) is 0 Å². The van der Waals surface area contributed by atoms with E-state index in [1.807, 2.05) is 0 Å². The van der Waals surface area contributed by atoms with Gasteiger partial charge in [0.2, 0.25) is 3.42 Å². The van der Waals surface area contributed by atoms with Crippen molar-refractivity contribution >= 4 is 48.1 Å². The lowest BCUT2D eigenvalue weighted by Crippen LogP contribution is -2.50. The molecule has 0 aromatic carbocycles. The molecule has 0 spiro atoms. The lowest BCUT2D eigenvalue weighted by atomic mass is 9.90. The van der Waals surface area contributed by atoms with Gasteiger partial charge in [0.15, 0.2) is 0 Å². The lowest BCUT2D eigenvalue weighted by molar-refractivity contribution is -0.106. The van der Waals surface area contributed by atoms with E-state index >= 15 is 0 Å². The second-order valence-electron chi connectivity index (χ2n) is 4.66. The van der Waals surface area contributed by atoms with E-state index in [1.165, 1.54) is 0 Å². The molecule has 20 heavy (non-hydrogen) atoms. The molecule has 7 nitrogen and oxygen atoms in total. The van der Waals surface area contributed by atoms with Crippen LogP contribution in [0.2, 0.25) is 0 Å². The second-order valence-corrected chi connectivity index (χ2v) is 8.28. The van der Waals surface area contributed by atoms with Crippen LogP contribution in [0.5, 0.6) is 0 Å². The molecule has 122 valence electrons. The van der Waals surface area contributed by atoms with Gasteiger partial charge in [-0.25, -0.2) is 0 Å². The van der Waals surface area contributed by atoms with E-state index in [9.17, 15) is 25.5 Å². The fourth-order valence-corrected chi connectivity index (χ4v) is 2.31. The van der Waals surface area contributed by atoms with E-state index in [4.69, 9.17) is 8.57 Å². The summed E-state index contributed by atoms with van der Waals surface area (Å²) in [6, 6.07) is 0. The van der Waals surface area contributed by atoms with E-state index < -0.39 is 47.3 Å². The third kappa shape index (κ3) is 4.83. The molecule has 0 aromatic rings. The van der Waals surface area contributed by atoms with Crippen LogP contribution in [0.1, 0.15) is 0 Å². The van der Waals surface area contributed by atoms with E-state index in [0.717, 1.165) is 0 Å². The van der Waals surface area contributed by atoms with E-state index in [2.05, 4.69) is 48.1 Å². The highest BCUT2D eigenvalue weighted by Gasteiger charge is 2.50. The van der Waals surface area contributed by atoms with Crippen LogP contribution in [0.3, 0.4) is 0 Å². The predicted octanol–water partition coefficient (Wildman–Crippen LogP) is -0.293. The summed E-state index contributed by atoms with van der Waals surface area (Å²) in [5.74, 6) is 0. The normalized spacial score (nSPS) is 13.8. The van der Waals surface area contributed by atoms with Gasteiger partial charge in [-0.15, -0.1) is 0 Å². The van der Waals surface area contributed by atoms with Crippen LogP contribution >= 0.6 is 48.1 Å². The molecule has 0 aliphatic carbocycles. The van der Waals surface area contributed by atoms with Crippen LogP contribution in [-0.2, 0) is 8.57 Å². The van der Waals surface area contributed by atoms with Crippen molar-refractivity contribution in [2.24, 2.45) is 10.8 Å². The summed E-state index contributed by atoms with van der Waals surface area (Å²) in [4.78, 5) is 0. The van der Waals surface area contributed by atoms with Gasteiger partial charge >= 0.3 is 0 Å². The fourth-order valence-electron chi connectivity index (χ4n) is 1.24. The minimum atomic E-state index is -1.29. The van der Waals surface area contributed by atoms with Crippen LogP contribution in [0, 0.1) is 10.8 Å². The standard InChI is InChI=1S/C10H19Br3O7/c11-10(12,20-13)9(4-17,5-18)7-19-6-8(1-14,2-15)3-16/h14-18H,1-7H2. The molecule has 0 bridgehead atoms. The Morgan fingerprint density at radius 3 is 1.50 bits per heavy atom. The lowest BCUT2D eigenvalue weighted by Gasteiger charge is -2.39. The molecule has 0 heterocycles. The first kappa shape index (κ1) is 21.2. The zero-order valence-electron chi connectivity index (χ0n) is 10.6. The Balaban J connectivity index is 4.81. The van der Waals surface area contributed by atoms with Crippen LogP contribution in [0.25, 0.3) is 0 Å². The molecular formula is C10H19Br3O7. The van der Waals surface area contributed by atoms with Crippen LogP contribution in [-0.4, -0.2) is 75.2 Å². The molecule has 0 fully saturated rings. The summed E-state index contributed by atoms with van der Waals surface area (Å²) in [5, 5.41) is 46.5. The van der Waals surface area contributed by atoms with Crippen LogP contribution < -0.4 is 0 Å². The van der Waals surface area contributed by atoms with Crippen molar-refractivity contribution in [2.75, 3.05) is 46.2 Å². The number of aliphatic hydroxyl groups is 5. The third-order valence-electron chi connectivity index (χ3n) is 3.11. The maximum atomic E-state index is 9.50. The first-order chi connectivity index (χ1) is 9.32. The summed E-state index contributed by atoms with van der Waals surface area (Å²) >= 11 is 9.08. The Morgan fingerprint density at radius 2 is 1.20 bits per heavy atom. The van der Waals surface area contributed by atoms with E-state index in [1.54, 1.807) is 0 Å². The Kier molecular flexibility index (Phi) is 9.87. The minimum Gasteiger partial charge on any atom is -0.396 e. The molecule has 0 saturated carbocycles. The van der Waals surface area contributed by atoms with Crippen molar-refractivity contribution in [3.05, 3.63) is 0 Å². The van der Waals surface area contributed by atoms with Gasteiger partial charge in [0.1, 0.15) is 16.3 Å². The minimum absolute atomic E-state index is 0.156. The first-order valence-corrected chi connectivity index (χ1v) is 7.85. The van der Waals surface area contributed by atoms with Gasteiger partial charge in [0, 0.05) is 0 Å². The number of hydrogen-bond acceptors (Lipinski definition) is 7. The summed E-state index contributed by atoms with van der Waals surface area (Å²) < 4.78 is 9.00. The monoisotopic (exact) mass is 488 g/mol. The molecule has 5 N–H and O–H groups in total. The highest BCUT2D eigenvalue weighted by atomic mass is 79.9. The molecule has 0 atom stereocenters. The number of hydrogen-bond donors (Lipinski definition) is 5. The zero-order chi connectivity index (χ0) is 15.9. The molecule has 0 saturated heterocycles. The average Bonchev–Trinajstić information content (AvgIpc) is 2.48. The van der Waals surface area contributed by atoms with Gasteiger partial charge in [-0.3, -0.25) is 3.83 Å². The van der Waals surface area contributed by atoms with Crippen molar-refractivity contribution in [3.63, 3.8) is 0 Å². The summed E-state index contributed by atoms with van der Waals surface area (Å²) in [6.45, 7) is -2.66.